The minimum Gasteiger partial charge on any atom is -0.399 e. The molecule has 0 bridgehead atoms. The van der Waals surface area contributed by atoms with Crippen LogP contribution in [0, 0.1) is 0 Å². The standard InChI is InChI=1S/C35H29N5O9S2/c36-26-11-3-23(4-12-26)33(41)38-28-15-9-25(10-16-28)35(43)40-30-18-8-22(32(20-30)51(47,48)49)2-1-21-7-17-29(19-31(21)50(44,45)46)39-34(42)24-5-13-27(37)14-6-24/h1-20H,36-37H2,(H,38,41)(H,39,42)(H,40,43)(H,44,45,46)(H,47,48,49)/b2-1-. The third-order valence-electron chi connectivity index (χ3n) is 7.29. The minimum atomic E-state index is -4.86. The van der Waals surface area contributed by atoms with Gasteiger partial charge in [0.1, 0.15) is 9.79 Å². The maximum absolute atomic E-state index is 12.9. The van der Waals surface area contributed by atoms with Gasteiger partial charge in [0, 0.05) is 45.1 Å². The lowest BCUT2D eigenvalue weighted by atomic mass is 10.1. The molecule has 51 heavy (non-hydrogen) atoms. The van der Waals surface area contributed by atoms with Crippen molar-refractivity contribution in [3.05, 3.63) is 137 Å². The van der Waals surface area contributed by atoms with E-state index in [0.717, 1.165) is 12.1 Å². The average molecular weight is 728 g/mol. The Morgan fingerprint density at radius 1 is 0.471 bits per heavy atom. The van der Waals surface area contributed by atoms with Crippen molar-refractivity contribution in [1.82, 2.24) is 0 Å². The maximum Gasteiger partial charge on any atom is 0.295 e. The van der Waals surface area contributed by atoms with Crippen molar-refractivity contribution in [2.45, 2.75) is 9.79 Å². The number of nitrogens with two attached hydrogens (primary N) is 2. The topological polar surface area (TPSA) is 248 Å². The van der Waals surface area contributed by atoms with Gasteiger partial charge in [-0.15, -0.1) is 0 Å². The van der Waals surface area contributed by atoms with Crippen LogP contribution in [0.15, 0.2) is 119 Å². The van der Waals surface area contributed by atoms with Crippen molar-refractivity contribution in [2.24, 2.45) is 0 Å². The molecule has 14 nitrogen and oxygen atoms in total. The monoisotopic (exact) mass is 727 g/mol. The van der Waals surface area contributed by atoms with Gasteiger partial charge < -0.3 is 27.4 Å². The second-order valence-electron chi connectivity index (χ2n) is 11.0. The summed E-state index contributed by atoms with van der Waals surface area (Å²) in [5.74, 6) is -1.58. The summed E-state index contributed by atoms with van der Waals surface area (Å²) in [6.45, 7) is 0. The largest absolute Gasteiger partial charge is 0.399 e. The molecular weight excluding hydrogens is 699 g/mol. The minimum absolute atomic E-state index is 0.00493. The molecule has 3 amide bonds. The summed E-state index contributed by atoms with van der Waals surface area (Å²) in [7, 11) is -9.70. The van der Waals surface area contributed by atoms with E-state index in [1.54, 1.807) is 24.3 Å². The molecule has 0 saturated heterocycles. The molecule has 0 aromatic heterocycles. The summed E-state index contributed by atoms with van der Waals surface area (Å²) in [5, 5.41) is 7.76. The Kier molecular flexibility index (Phi) is 10.3. The molecule has 5 aromatic rings. The Balaban J connectivity index is 1.33. The van der Waals surface area contributed by atoms with Gasteiger partial charge in [0.15, 0.2) is 0 Å². The van der Waals surface area contributed by atoms with Crippen molar-refractivity contribution < 1.29 is 40.3 Å². The number of amides is 3. The summed E-state index contributed by atoms with van der Waals surface area (Å²) >= 11 is 0. The van der Waals surface area contributed by atoms with Crippen LogP contribution in [0.1, 0.15) is 42.2 Å². The van der Waals surface area contributed by atoms with E-state index in [1.807, 2.05) is 0 Å². The molecule has 0 aliphatic carbocycles. The van der Waals surface area contributed by atoms with E-state index >= 15 is 0 Å². The van der Waals surface area contributed by atoms with Gasteiger partial charge >= 0.3 is 0 Å². The van der Waals surface area contributed by atoms with Gasteiger partial charge in [-0.3, -0.25) is 23.5 Å². The predicted molar refractivity (Wildman–Crippen MR) is 193 cm³/mol. The lowest BCUT2D eigenvalue weighted by Crippen LogP contribution is -2.14. The van der Waals surface area contributed by atoms with E-state index < -0.39 is 41.8 Å². The van der Waals surface area contributed by atoms with Crippen molar-refractivity contribution in [1.29, 1.82) is 0 Å². The van der Waals surface area contributed by atoms with Crippen LogP contribution < -0.4 is 27.4 Å². The van der Waals surface area contributed by atoms with Crippen LogP contribution in [0.25, 0.3) is 12.2 Å². The number of anilines is 5. The number of nitrogen functional groups attached to an aromatic ring is 2. The van der Waals surface area contributed by atoms with E-state index in [9.17, 15) is 40.3 Å². The third kappa shape index (κ3) is 9.22. The zero-order valence-electron chi connectivity index (χ0n) is 26.3. The first-order valence-electron chi connectivity index (χ1n) is 14.7. The number of carbonyl (C=O) groups is 3. The second-order valence-corrected chi connectivity index (χ2v) is 13.8. The van der Waals surface area contributed by atoms with Crippen LogP contribution in [-0.4, -0.2) is 43.7 Å². The summed E-state index contributed by atoms with van der Waals surface area (Å²) in [5.41, 5.74) is 13.3. The molecule has 5 rings (SSSR count). The van der Waals surface area contributed by atoms with Crippen molar-refractivity contribution >= 4 is 78.5 Å². The lowest BCUT2D eigenvalue weighted by molar-refractivity contribution is 0.101. The van der Waals surface area contributed by atoms with Crippen molar-refractivity contribution in [2.75, 3.05) is 27.4 Å². The number of hydrogen-bond donors (Lipinski definition) is 7. The van der Waals surface area contributed by atoms with Gasteiger partial charge in [0.2, 0.25) is 0 Å². The highest BCUT2D eigenvalue weighted by atomic mass is 32.2. The van der Waals surface area contributed by atoms with Gasteiger partial charge in [-0.25, -0.2) is 0 Å². The molecule has 0 atom stereocenters. The first kappa shape index (κ1) is 36.0. The van der Waals surface area contributed by atoms with E-state index in [-0.39, 0.29) is 39.5 Å². The van der Waals surface area contributed by atoms with Crippen LogP contribution in [0.3, 0.4) is 0 Å². The molecular formula is C35H29N5O9S2. The zero-order chi connectivity index (χ0) is 36.9. The third-order valence-corrected chi connectivity index (χ3v) is 9.11. The Bertz CT molecular complexity index is 2400. The molecule has 0 spiro atoms. The van der Waals surface area contributed by atoms with Crippen LogP contribution in [0.2, 0.25) is 0 Å². The highest BCUT2D eigenvalue weighted by molar-refractivity contribution is 7.86. The summed E-state index contributed by atoms with van der Waals surface area (Å²) in [6, 6.07) is 25.5. The van der Waals surface area contributed by atoms with E-state index in [2.05, 4.69) is 16.0 Å². The fourth-order valence-electron chi connectivity index (χ4n) is 4.71. The quantitative estimate of drug-likeness (QED) is 0.0554. The molecule has 0 saturated carbocycles. The average Bonchev–Trinajstić information content (AvgIpc) is 3.08. The fourth-order valence-corrected chi connectivity index (χ4v) is 6.13. The molecule has 0 aliphatic heterocycles. The van der Waals surface area contributed by atoms with E-state index in [1.165, 1.54) is 84.9 Å². The fraction of sp³-hybridized carbons (Fsp3) is 0. The molecule has 0 fully saturated rings. The number of rotatable bonds is 10. The Morgan fingerprint density at radius 3 is 1.10 bits per heavy atom. The van der Waals surface area contributed by atoms with Crippen LogP contribution >= 0.6 is 0 Å². The molecule has 9 N–H and O–H groups in total. The maximum atomic E-state index is 12.9. The van der Waals surface area contributed by atoms with E-state index in [4.69, 9.17) is 11.5 Å². The number of carbonyl (C=O) groups excluding carboxylic acids is 3. The normalized spacial score (nSPS) is 11.6. The van der Waals surface area contributed by atoms with Crippen LogP contribution in [0.5, 0.6) is 0 Å². The summed E-state index contributed by atoms with van der Waals surface area (Å²) in [6.07, 6.45) is 2.37. The Hall–Kier alpha value is -6.33. The molecule has 16 heteroatoms. The van der Waals surface area contributed by atoms with Gasteiger partial charge in [-0.1, -0.05) is 24.3 Å². The Morgan fingerprint density at radius 2 is 0.765 bits per heavy atom. The highest BCUT2D eigenvalue weighted by Crippen LogP contribution is 2.27. The van der Waals surface area contributed by atoms with Gasteiger partial charge in [-0.2, -0.15) is 16.8 Å². The molecule has 0 heterocycles. The SMILES string of the molecule is Nc1ccc(C(=O)Nc2ccc(C(=O)Nc3ccc(/C=C\c4ccc(NC(=O)c5ccc(N)cc5)cc4S(=O)(=O)O)c(S(=O)(=O)O)c3)cc2)cc1. The molecule has 0 aliphatic rings. The smallest absolute Gasteiger partial charge is 0.295 e. The van der Waals surface area contributed by atoms with Crippen molar-refractivity contribution in [3.8, 4) is 0 Å². The van der Waals surface area contributed by atoms with Crippen molar-refractivity contribution in [3.63, 3.8) is 0 Å². The Labute approximate surface area is 292 Å². The van der Waals surface area contributed by atoms with Gasteiger partial charge in [-0.05, 0) is 108 Å². The predicted octanol–water partition coefficient (Wildman–Crippen LogP) is 5.27. The second kappa shape index (κ2) is 14.7. The first-order valence-corrected chi connectivity index (χ1v) is 17.6. The zero-order valence-corrected chi connectivity index (χ0v) is 27.9. The van der Waals surface area contributed by atoms with E-state index in [0.29, 0.717) is 22.6 Å². The van der Waals surface area contributed by atoms with Crippen LogP contribution in [0.4, 0.5) is 28.4 Å². The van der Waals surface area contributed by atoms with Crippen LogP contribution in [-0.2, 0) is 20.2 Å². The van der Waals surface area contributed by atoms with Gasteiger partial charge in [0.05, 0.1) is 0 Å². The summed E-state index contributed by atoms with van der Waals surface area (Å²) < 4.78 is 68.9. The molecule has 0 unspecified atom stereocenters. The first-order chi connectivity index (χ1) is 24.1. The van der Waals surface area contributed by atoms with Gasteiger partial charge in [0.25, 0.3) is 38.0 Å². The molecule has 0 radical (unpaired) electrons. The summed E-state index contributed by atoms with van der Waals surface area (Å²) in [4.78, 5) is 36.8. The number of benzene rings is 5. The highest BCUT2D eigenvalue weighted by Gasteiger charge is 2.19. The lowest BCUT2D eigenvalue weighted by Gasteiger charge is -2.11. The number of hydrogen-bond acceptors (Lipinski definition) is 9. The number of nitrogens with one attached hydrogen (secondary N) is 3. The molecule has 5 aromatic carbocycles. The molecule has 260 valence electrons.